The van der Waals surface area contributed by atoms with E-state index < -0.39 is 5.97 Å². The third-order valence-electron chi connectivity index (χ3n) is 2.70. The number of nitrogens with zero attached hydrogens (tertiary/aromatic N) is 1. The monoisotopic (exact) mass is 289 g/mol. The molecule has 0 amide bonds. The molecule has 1 aromatic carbocycles. The second kappa shape index (κ2) is 6.21. The Morgan fingerprint density at radius 2 is 2.00 bits per heavy atom. The van der Waals surface area contributed by atoms with Crippen LogP contribution >= 0.6 is 11.6 Å². The Labute approximate surface area is 121 Å². The number of carboxylic acid groups (broad SMARTS) is 1. The molecule has 0 radical (unpaired) electrons. The van der Waals surface area contributed by atoms with Gasteiger partial charge in [-0.3, -0.25) is 4.98 Å². The van der Waals surface area contributed by atoms with Gasteiger partial charge in [-0.05, 0) is 42.0 Å². The highest BCUT2D eigenvalue weighted by atomic mass is 35.5. The van der Waals surface area contributed by atoms with E-state index in [9.17, 15) is 9.90 Å². The average Bonchev–Trinajstić information content (AvgIpc) is 2.45. The van der Waals surface area contributed by atoms with Gasteiger partial charge in [-0.2, -0.15) is 0 Å². The molecule has 1 N–H and O–H groups in total. The molecule has 2 rings (SSSR count). The zero-order chi connectivity index (χ0) is 14.5. The summed E-state index contributed by atoms with van der Waals surface area (Å²) in [6, 6.07) is 8.30. The maximum Gasteiger partial charge on any atom is 0.336 e. The van der Waals surface area contributed by atoms with Crippen LogP contribution < -0.4 is 4.74 Å². The summed E-state index contributed by atoms with van der Waals surface area (Å²) in [6.07, 6.45) is 4.75. The summed E-state index contributed by atoms with van der Waals surface area (Å²) in [5, 5.41) is 9.86. The van der Waals surface area contributed by atoms with Crippen LogP contribution in [0.15, 0.2) is 42.7 Å². The number of carboxylic acids is 1. The molecule has 0 aliphatic rings. The lowest BCUT2D eigenvalue weighted by atomic mass is 10.0. The summed E-state index contributed by atoms with van der Waals surface area (Å²) >= 11 is 5.94. The Kier molecular flexibility index (Phi) is 4.38. The highest BCUT2D eigenvalue weighted by molar-refractivity contribution is 6.31. The minimum absolute atomic E-state index is 0.107. The third kappa shape index (κ3) is 3.16. The standard InChI is InChI=1S/C15H12ClNO3/c1-20-14-3-2-11(16)9-12(14)13(15(18)19)8-10-4-6-17-7-5-10/h2-9H,1H3,(H,18,19)/b13-8-. The van der Waals surface area contributed by atoms with Crippen molar-refractivity contribution in [2.24, 2.45) is 0 Å². The number of pyridine rings is 1. The lowest BCUT2D eigenvalue weighted by molar-refractivity contribution is -0.130. The fraction of sp³-hybridized carbons (Fsp3) is 0.0667. The molecule has 0 atom stereocenters. The Bertz CT molecular complexity index is 653. The van der Waals surface area contributed by atoms with Crippen molar-refractivity contribution >= 4 is 29.2 Å². The van der Waals surface area contributed by atoms with Gasteiger partial charge in [-0.15, -0.1) is 0 Å². The first-order chi connectivity index (χ1) is 9.61. The van der Waals surface area contributed by atoms with Crippen molar-refractivity contribution in [2.75, 3.05) is 7.11 Å². The predicted octanol–water partition coefficient (Wildman–Crippen LogP) is 3.37. The molecule has 0 saturated carbocycles. The van der Waals surface area contributed by atoms with Gasteiger partial charge in [-0.1, -0.05) is 11.6 Å². The van der Waals surface area contributed by atoms with Crippen molar-refractivity contribution in [3.63, 3.8) is 0 Å². The van der Waals surface area contributed by atoms with E-state index in [4.69, 9.17) is 16.3 Å². The molecule has 0 aliphatic heterocycles. The molecule has 0 fully saturated rings. The number of hydrogen-bond donors (Lipinski definition) is 1. The lowest BCUT2D eigenvalue weighted by Crippen LogP contribution is -2.02. The van der Waals surface area contributed by atoms with E-state index >= 15 is 0 Å². The first-order valence-corrected chi connectivity index (χ1v) is 6.18. The molecule has 0 bridgehead atoms. The van der Waals surface area contributed by atoms with E-state index in [1.807, 2.05) is 0 Å². The maximum absolute atomic E-state index is 11.5. The summed E-state index contributed by atoms with van der Waals surface area (Å²) in [7, 11) is 1.48. The second-order valence-electron chi connectivity index (χ2n) is 3.99. The quantitative estimate of drug-likeness (QED) is 0.877. The minimum Gasteiger partial charge on any atom is -0.496 e. The number of methoxy groups -OCH3 is 1. The Hall–Kier alpha value is -2.33. The Balaban J connectivity index is 2.58. The van der Waals surface area contributed by atoms with Gasteiger partial charge >= 0.3 is 5.97 Å². The molecule has 102 valence electrons. The topological polar surface area (TPSA) is 59.4 Å². The number of carbonyl (C=O) groups is 1. The Morgan fingerprint density at radius 1 is 1.30 bits per heavy atom. The van der Waals surface area contributed by atoms with Crippen molar-refractivity contribution in [3.8, 4) is 5.75 Å². The smallest absolute Gasteiger partial charge is 0.336 e. The highest BCUT2D eigenvalue weighted by Crippen LogP contribution is 2.30. The van der Waals surface area contributed by atoms with Crippen molar-refractivity contribution in [1.29, 1.82) is 0 Å². The van der Waals surface area contributed by atoms with E-state index in [1.165, 1.54) is 7.11 Å². The van der Waals surface area contributed by atoms with E-state index in [0.29, 0.717) is 16.3 Å². The first-order valence-electron chi connectivity index (χ1n) is 5.80. The van der Waals surface area contributed by atoms with E-state index in [-0.39, 0.29) is 5.57 Å². The molecule has 20 heavy (non-hydrogen) atoms. The number of aromatic nitrogens is 1. The first kappa shape index (κ1) is 14.1. The molecule has 2 aromatic rings. The fourth-order valence-electron chi connectivity index (χ4n) is 1.77. The van der Waals surface area contributed by atoms with Crippen LogP contribution in [0.2, 0.25) is 5.02 Å². The molecular formula is C15H12ClNO3. The molecule has 0 unspecified atom stereocenters. The van der Waals surface area contributed by atoms with Crippen LogP contribution in [0.25, 0.3) is 11.6 Å². The summed E-state index contributed by atoms with van der Waals surface area (Å²) in [5.41, 5.74) is 1.28. The van der Waals surface area contributed by atoms with Gasteiger partial charge in [0.05, 0.1) is 12.7 Å². The van der Waals surface area contributed by atoms with Crippen LogP contribution in [-0.4, -0.2) is 23.2 Å². The van der Waals surface area contributed by atoms with E-state index in [0.717, 1.165) is 5.56 Å². The molecule has 0 spiro atoms. The predicted molar refractivity (Wildman–Crippen MR) is 77.7 cm³/mol. The Morgan fingerprint density at radius 3 is 2.60 bits per heavy atom. The summed E-state index contributed by atoms with van der Waals surface area (Å²) < 4.78 is 5.19. The van der Waals surface area contributed by atoms with Crippen molar-refractivity contribution in [2.45, 2.75) is 0 Å². The average molecular weight is 290 g/mol. The molecule has 0 aliphatic carbocycles. The van der Waals surface area contributed by atoms with Gasteiger partial charge in [0, 0.05) is 23.0 Å². The minimum atomic E-state index is -1.05. The van der Waals surface area contributed by atoms with Gasteiger partial charge < -0.3 is 9.84 Å². The molecule has 0 saturated heterocycles. The van der Waals surface area contributed by atoms with Crippen LogP contribution in [-0.2, 0) is 4.79 Å². The van der Waals surface area contributed by atoms with Crippen LogP contribution in [0.4, 0.5) is 0 Å². The molecule has 1 heterocycles. The lowest BCUT2D eigenvalue weighted by Gasteiger charge is -2.10. The van der Waals surface area contributed by atoms with Crippen molar-refractivity contribution < 1.29 is 14.6 Å². The number of aliphatic carboxylic acids is 1. The van der Waals surface area contributed by atoms with Crippen LogP contribution in [0.5, 0.6) is 5.75 Å². The van der Waals surface area contributed by atoms with Crippen LogP contribution in [0.1, 0.15) is 11.1 Å². The molecular weight excluding hydrogens is 278 g/mol. The second-order valence-corrected chi connectivity index (χ2v) is 4.42. The zero-order valence-electron chi connectivity index (χ0n) is 10.7. The molecule has 4 nitrogen and oxygen atoms in total. The summed E-state index contributed by atoms with van der Waals surface area (Å²) in [5.74, 6) is -0.598. The summed E-state index contributed by atoms with van der Waals surface area (Å²) in [4.78, 5) is 15.4. The van der Waals surface area contributed by atoms with Gasteiger partial charge in [0.1, 0.15) is 5.75 Å². The largest absolute Gasteiger partial charge is 0.496 e. The van der Waals surface area contributed by atoms with Gasteiger partial charge in [0.15, 0.2) is 0 Å². The molecule has 1 aromatic heterocycles. The molecule has 5 heteroatoms. The van der Waals surface area contributed by atoms with Crippen molar-refractivity contribution in [3.05, 3.63) is 58.9 Å². The van der Waals surface area contributed by atoms with Crippen molar-refractivity contribution in [1.82, 2.24) is 4.98 Å². The summed E-state index contributed by atoms with van der Waals surface area (Å²) in [6.45, 7) is 0. The number of ether oxygens (including phenoxy) is 1. The normalized spacial score (nSPS) is 11.2. The zero-order valence-corrected chi connectivity index (χ0v) is 11.5. The highest BCUT2D eigenvalue weighted by Gasteiger charge is 2.16. The number of halogens is 1. The number of benzene rings is 1. The van der Waals surface area contributed by atoms with E-state index in [1.54, 1.807) is 48.8 Å². The van der Waals surface area contributed by atoms with Gasteiger partial charge in [0.2, 0.25) is 0 Å². The SMILES string of the molecule is COc1ccc(Cl)cc1/C(=C/c1ccncc1)C(=O)O. The van der Waals surface area contributed by atoms with Gasteiger partial charge in [-0.25, -0.2) is 4.79 Å². The van der Waals surface area contributed by atoms with Crippen LogP contribution in [0, 0.1) is 0 Å². The maximum atomic E-state index is 11.5. The van der Waals surface area contributed by atoms with E-state index in [2.05, 4.69) is 4.98 Å². The van der Waals surface area contributed by atoms with Gasteiger partial charge in [0.25, 0.3) is 0 Å². The number of rotatable bonds is 4. The number of hydrogen-bond acceptors (Lipinski definition) is 3. The van der Waals surface area contributed by atoms with Crippen LogP contribution in [0.3, 0.4) is 0 Å². The third-order valence-corrected chi connectivity index (χ3v) is 2.93. The fourth-order valence-corrected chi connectivity index (χ4v) is 1.94.